The molecule has 0 aliphatic rings. The maximum Gasteiger partial charge on any atom is 0.326 e. The highest BCUT2D eigenvalue weighted by molar-refractivity contribution is 5.95. The number of aliphatic carboxylic acids is 1. The molecule has 0 bridgehead atoms. The number of rotatable bonds is 20. The van der Waals surface area contributed by atoms with Gasteiger partial charge in [-0.3, -0.25) is 34.0 Å². The van der Waals surface area contributed by atoms with Gasteiger partial charge in [-0.15, -0.1) is 0 Å². The minimum atomic E-state index is -1.34. The summed E-state index contributed by atoms with van der Waals surface area (Å²) in [7, 11) is 0. The average molecular weight is 587 g/mol. The van der Waals surface area contributed by atoms with Gasteiger partial charge in [-0.1, -0.05) is 0 Å². The van der Waals surface area contributed by atoms with E-state index in [0.29, 0.717) is 0 Å². The fraction of sp³-hybridized carbons (Fsp3) is 0.636. The third-order valence-corrected chi connectivity index (χ3v) is 5.41. The average Bonchev–Trinajstić information content (AvgIpc) is 2.88. The van der Waals surface area contributed by atoms with Crippen LogP contribution in [0.25, 0.3) is 0 Å². The molecule has 17 N–H and O–H groups in total. The van der Waals surface area contributed by atoms with Gasteiger partial charge in [0.15, 0.2) is 11.9 Å². The standard InChI is InChI=1S/C22H42N12O7/c1-11(31-16(36)10-23)17(37)32-13(6-7-15(24)35)19(39)33-12(4-2-8-29-21(25)26)18(38)34-14(20(40)41)5-3-9-30-22(27)28/h11-14H,2-10,23H2,1H3,(H2,24,35)(H,31,36)(H,32,37)(H,33,39)(H,34,38)(H,40,41)(H4,25,26,29)(H4,27,28,30)/t11-,12-,13-,14-/m0/s1. The highest BCUT2D eigenvalue weighted by Crippen LogP contribution is 2.06. The number of nitrogens with two attached hydrogens (primary N) is 6. The van der Waals surface area contributed by atoms with Crippen LogP contribution in [-0.2, 0) is 28.8 Å². The van der Waals surface area contributed by atoms with Gasteiger partial charge in [0.2, 0.25) is 29.5 Å². The number of guanidine groups is 2. The first-order valence-electron chi connectivity index (χ1n) is 12.7. The van der Waals surface area contributed by atoms with Crippen molar-refractivity contribution in [3.63, 3.8) is 0 Å². The van der Waals surface area contributed by atoms with Crippen molar-refractivity contribution in [2.24, 2.45) is 44.4 Å². The lowest BCUT2D eigenvalue weighted by Gasteiger charge is -2.25. The smallest absolute Gasteiger partial charge is 0.326 e. The Morgan fingerprint density at radius 1 is 0.683 bits per heavy atom. The molecule has 0 heterocycles. The van der Waals surface area contributed by atoms with E-state index in [1.54, 1.807) is 0 Å². The molecule has 0 rings (SSSR count). The van der Waals surface area contributed by atoms with Gasteiger partial charge in [-0.2, -0.15) is 0 Å². The number of carboxylic acids is 1. The van der Waals surface area contributed by atoms with Crippen molar-refractivity contribution >= 4 is 47.4 Å². The first-order valence-corrected chi connectivity index (χ1v) is 12.7. The Bertz CT molecular complexity index is 980. The number of hydrogen-bond acceptors (Lipinski definition) is 9. The fourth-order valence-electron chi connectivity index (χ4n) is 3.30. The lowest BCUT2D eigenvalue weighted by Crippen LogP contribution is -2.57. The highest BCUT2D eigenvalue weighted by atomic mass is 16.4. The van der Waals surface area contributed by atoms with Crippen LogP contribution in [0.5, 0.6) is 0 Å². The molecule has 5 amide bonds. The second kappa shape index (κ2) is 19.4. The van der Waals surface area contributed by atoms with E-state index in [1.807, 2.05) is 0 Å². The second-order valence-electron chi connectivity index (χ2n) is 8.92. The van der Waals surface area contributed by atoms with Gasteiger partial charge in [0.25, 0.3) is 0 Å². The molecule has 41 heavy (non-hydrogen) atoms. The van der Waals surface area contributed by atoms with Gasteiger partial charge < -0.3 is 60.8 Å². The quantitative estimate of drug-likeness (QED) is 0.0361. The topological polar surface area (TPSA) is 352 Å². The molecule has 0 aromatic rings. The van der Waals surface area contributed by atoms with Crippen LogP contribution in [0, 0.1) is 0 Å². The molecule has 0 aromatic carbocycles. The van der Waals surface area contributed by atoms with E-state index in [1.165, 1.54) is 6.92 Å². The molecular weight excluding hydrogens is 544 g/mol. The summed E-state index contributed by atoms with van der Waals surface area (Å²) in [5.41, 5.74) is 31.5. The molecule has 19 nitrogen and oxygen atoms in total. The molecule has 19 heteroatoms. The Kier molecular flexibility index (Phi) is 17.2. The van der Waals surface area contributed by atoms with E-state index in [0.717, 1.165) is 0 Å². The summed E-state index contributed by atoms with van der Waals surface area (Å²) in [5.74, 6) is -5.51. The summed E-state index contributed by atoms with van der Waals surface area (Å²) in [6, 6.07) is -5.02. The molecule has 0 unspecified atom stereocenters. The molecule has 0 radical (unpaired) electrons. The lowest BCUT2D eigenvalue weighted by atomic mass is 10.1. The second-order valence-corrected chi connectivity index (χ2v) is 8.92. The van der Waals surface area contributed by atoms with E-state index in [4.69, 9.17) is 34.4 Å². The van der Waals surface area contributed by atoms with Crippen LogP contribution in [0.1, 0.15) is 45.4 Å². The molecule has 0 aromatic heterocycles. The summed E-state index contributed by atoms with van der Waals surface area (Å²) >= 11 is 0. The molecule has 232 valence electrons. The Morgan fingerprint density at radius 2 is 1.12 bits per heavy atom. The summed E-state index contributed by atoms with van der Waals surface area (Å²) < 4.78 is 0. The predicted molar refractivity (Wildman–Crippen MR) is 148 cm³/mol. The first-order chi connectivity index (χ1) is 19.2. The zero-order valence-corrected chi connectivity index (χ0v) is 22.9. The van der Waals surface area contributed by atoms with Crippen molar-refractivity contribution in [3.05, 3.63) is 0 Å². The van der Waals surface area contributed by atoms with Crippen molar-refractivity contribution in [1.29, 1.82) is 0 Å². The predicted octanol–water partition coefficient (Wildman–Crippen LogP) is -5.64. The van der Waals surface area contributed by atoms with E-state index in [-0.39, 0.29) is 70.1 Å². The van der Waals surface area contributed by atoms with Gasteiger partial charge >= 0.3 is 5.97 Å². The van der Waals surface area contributed by atoms with Crippen molar-refractivity contribution < 1.29 is 33.9 Å². The Morgan fingerprint density at radius 3 is 1.56 bits per heavy atom. The molecule has 0 saturated heterocycles. The van der Waals surface area contributed by atoms with Crippen LogP contribution in [0.15, 0.2) is 9.98 Å². The van der Waals surface area contributed by atoms with E-state index < -0.39 is 59.7 Å². The van der Waals surface area contributed by atoms with Gasteiger partial charge in [0.1, 0.15) is 24.2 Å². The molecular formula is C22H42N12O7. The molecule has 0 spiro atoms. The van der Waals surface area contributed by atoms with Crippen LogP contribution in [-0.4, -0.2) is 96.3 Å². The van der Waals surface area contributed by atoms with E-state index in [2.05, 4.69) is 31.3 Å². The number of amides is 5. The summed E-state index contributed by atoms with van der Waals surface area (Å²) in [6.45, 7) is 1.21. The van der Waals surface area contributed by atoms with Gasteiger partial charge in [0.05, 0.1) is 6.54 Å². The van der Waals surface area contributed by atoms with E-state index >= 15 is 0 Å². The van der Waals surface area contributed by atoms with Crippen molar-refractivity contribution in [1.82, 2.24) is 21.3 Å². The monoisotopic (exact) mass is 586 g/mol. The van der Waals surface area contributed by atoms with Gasteiger partial charge in [-0.25, -0.2) is 4.79 Å². The number of primary amides is 1. The van der Waals surface area contributed by atoms with Crippen LogP contribution in [0.3, 0.4) is 0 Å². The third kappa shape index (κ3) is 16.8. The zero-order valence-electron chi connectivity index (χ0n) is 22.9. The summed E-state index contributed by atoms with van der Waals surface area (Å²) in [6.07, 6.45) is -0.115. The van der Waals surface area contributed by atoms with Crippen LogP contribution in [0.2, 0.25) is 0 Å². The fourth-order valence-corrected chi connectivity index (χ4v) is 3.30. The molecule has 0 aliphatic carbocycles. The number of hydrogen-bond donors (Lipinski definition) is 11. The number of carbonyl (C=O) groups is 6. The normalized spacial score (nSPS) is 13.3. The number of nitrogens with one attached hydrogen (secondary N) is 4. The summed E-state index contributed by atoms with van der Waals surface area (Å²) in [4.78, 5) is 81.0. The largest absolute Gasteiger partial charge is 0.480 e. The number of aliphatic imine (C=N–C) groups is 2. The van der Waals surface area contributed by atoms with Crippen molar-refractivity contribution in [2.75, 3.05) is 19.6 Å². The molecule has 0 aliphatic heterocycles. The number of nitrogens with zero attached hydrogens (tertiary/aromatic N) is 2. The van der Waals surface area contributed by atoms with Crippen molar-refractivity contribution in [2.45, 2.75) is 69.6 Å². The van der Waals surface area contributed by atoms with Gasteiger partial charge in [0, 0.05) is 19.5 Å². The third-order valence-electron chi connectivity index (χ3n) is 5.41. The van der Waals surface area contributed by atoms with Crippen LogP contribution in [0.4, 0.5) is 0 Å². The zero-order chi connectivity index (χ0) is 31.5. The van der Waals surface area contributed by atoms with Crippen LogP contribution >= 0.6 is 0 Å². The Hall–Kier alpha value is -4.68. The van der Waals surface area contributed by atoms with Crippen LogP contribution < -0.4 is 55.7 Å². The van der Waals surface area contributed by atoms with Crippen molar-refractivity contribution in [3.8, 4) is 0 Å². The SMILES string of the molecule is C[C@H](NC(=O)CN)C(=O)N[C@@H](CCC(N)=O)C(=O)N[C@@H](CCCN=C(N)N)C(=O)N[C@@H](CCCN=C(N)N)C(=O)O. The lowest BCUT2D eigenvalue weighted by molar-refractivity contribution is -0.142. The molecule has 0 saturated carbocycles. The first kappa shape index (κ1) is 36.3. The highest BCUT2D eigenvalue weighted by Gasteiger charge is 2.30. The van der Waals surface area contributed by atoms with E-state index in [9.17, 15) is 33.9 Å². The number of carbonyl (C=O) groups excluding carboxylic acids is 5. The maximum absolute atomic E-state index is 13.2. The summed E-state index contributed by atoms with van der Waals surface area (Å²) in [5, 5.41) is 19.1. The Labute approximate surface area is 236 Å². The molecule has 4 atom stereocenters. The minimum absolute atomic E-state index is 0.0176. The van der Waals surface area contributed by atoms with Gasteiger partial charge in [-0.05, 0) is 39.0 Å². The Balaban J connectivity index is 5.75. The maximum atomic E-state index is 13.2. The molecule has 0 fully saturated rings. The number of carboxylic acid groups (broad SMARTS) is 1. The minimum Gasteiger partial charge on any atom is -0.480 e.